The molecule has 1 fully saturated rings. The topological polar surface area (TPSA) is 59.1 Å². The van der Waals surface area contributed by atoms with Crippen LogP contribution in [0.15, 0.2) is 72.9 Å². The Bertz CT molecular complexity index is 1070. The molecule has 2 atom stereocenters. The number of rotatable bonds is 6. The molecule has 1 aromatic heterocycles. The zero-order chi connectivity index (χ0) is 23.6. The second-order valence-corrected chi connectivity index (χ2v) is 9.55. The molecule has 1 aliphatic carbocycles. The van der Waals surface area contributed by atoms with E-state index in [-0.39, 0.29) is 23.5 Å². The summed E-state index contributed by atoms with van der Waals surface area (Å²) in [7, 11) is 0. The predicted octanol–water partition coefficient (Wildman–Crippen LogP) is 6.23. The molecule has 4 nitrogen and oxygen atoms in total. The number of ketones is 1. The fourth-order valence-electron chi connectivity index (χ4n) is 5.10. The predicted molar refractivity (Wildman–Crippen MR) is 132 cm³/mol. The molecule has 33 heavy (non-hydrogen) atoms. The number of aromatic nitrogens is 1. The smallest absolute Gasteiger partial charge is 0.235 e. The minimum atomic E-state index is -0.900. The lowest BCUT2D eigenvalue weighted by Crippen LogP contribution is -2.39. The number of hydrogen-bond acceptors (Lipinski definition) is 3. The van der Waals surface area contributed by atoms with Gasteiger partial charge in [0.15, 0.2) is 5.78 Å². The Labute approximate surface area is 196 Å². The molecule has 1 amide bonds. The monoisotopic (exact) mass is 440 g/mol. The molecule has 1 heterocycles. The largest absolute Gasteiger partial charge is 0.325 e. The van der Waals surface area contributed by atoms with Gasteiger partial charge in [0.2, 0.25) is 5.91 Å². The quantitative estimate of drug-likeness (QED) is 0.462. The van der Waals surface area contributed by atoms with Crippen molar-refractivity contribution in [1.29, 1.82) is 0 Å². The maximum atomic E-state index is 14.0. The van der Waals surface area contributed by atoms with Crippen LogP contribution < -0.4 is 5.32 Å². The van der Waals surface area contributed by atoms with E-state index in [0.29, 0.717) is 18.5 Å². The van der Waals surface area contributed by atoms with Gasteiger partial charge in [-0.2, -0.15) is 0 Å². The highest BCUT2D eigenvalue weighted by molar-refractivity contribution is 6.13. The van der Waals surface area contributed by atoms with Gasteiger partial charge < -0.3 is 5.32 Å². The SMILES string of the molecule is CC(C)c1cccc(C(C)C)c1NC(=O)C1CCC(c2ccccc2)(c2ccccn2)C1=O. The van der Waals surface area contributed by atoms with Crippen LogP contribution >= 0.6 is 0 Å². The van der Waals surface area contributed by atoms with Gasteiger partial charge in [-0.15, -0.1) is 0 Å². The van der Waals surface area contributed by atoms with Crippen LogP contribution in [0.3, 0.4) is 0 Å². The van der Waals surface area contributed by atoms with E-state index in [1.807, 2.05) is 54.6 Å². The molecule has 2 unspecified atom stereocenters. The summed E-state index contributed by atoms with van der Waals surface area (Å²) in [5.74, 6) is -0.486. The molecule has 4 rings (SSSR count). The van der Waals surface area contributed by atoms with Gasteiger partial charge in [0, 0.05) is 11.9 Å². The van der Waals surface area contributed by atoms with E-state index in [4.69, 9.17) is 0 Å². The van der Waals surface area contributed by atoms with Crippen molar-refractivity contribution in [3.8, 4) is 0 Å². The highest BCUT2D eigenvalue weighted by atomic mass is 16.2. The van der Waals surface area contributed by atoms with Crippen LogP contribution in [0, 0.1) is 5.92 Å². The zero-order valence-electron chi connectivity index (χ0n) is 19.8. The number of carbonyl (C=O) groups excluding carboxylic acids is 2. The van der Waals surface area contributed by atoms with Crippen molar-refractivity contribution in [2.75, 3.05) is 5.32 Å². The number of amides is 1. The number of carbonyl (C=O) groups is 2. The Morgan fingerprint density at radius 1 is 0.909 bits per heavy atom. The lowest BCUT2D eigenvalue weighted by atomic mass is 9.74. The van der Waals surface area contributed by atoms with Gasteiger partial charge in [0.25, 0.3) is 0 Å². The Balaban J connectivity index is 1.72. The molecule has 2 aromatic carbocycles. The molecule has 0 spiro atoms. The van der Waals surface area contributed by atoms with Crippen LogP contribution in [0.4, 0.5) is 5.69 Å². The van der Waals surface area contributed by atoms with Crippen molar-refractivity contribution in [2.24, 2.45) is 5.92 Å². The third kappa shape index (κ3) is 4.10. The Hall–Kier alpha value is -3.27. The maximum absolute atomic E-state index is 14.0. The molecular weight excluding hydrogens is 408 g/mol. The van der Waals surface area contributed by atoms with E-state index < -0.39 is 11.3 Å². The number of nitrogens with one attached hydrogen (secondary N) is 1. The summed E-state index contributed by atoms with van der Waals surface area (Å²) in [4.78, 5) is 32.1. The third-order valence-electron chi connectivity index (χ3n) is 6.85. The molecule has 1 saturated carbocycles. The van der Waals surface area contributed by atoms with E-state index in [1.54, 1.807) is 6.20 Å². The van der Waals surface area contributed by atoms with Gasteiger partial charge in [-0.1, -0.05) is 82.3 Å². The number of anilines is 1. The van der Waals surface area contributed by atoms with Crippen molar-refractivity contribution < 1.29 is 9.59 Å². The summed E-state index contributed by atoms with van der Waals surface area (Å²) < 4.78 is 0. The first-order chi connectivity index (χ1) is 15.9. The van der Waals surface area contributed by atoms with E-state index >= 15 is 0 Å². The lowest BCUT2D eigenvalue weighted by molar-refractivity contribution is -0.131. The fraction of sp³-hybridized carbons (Fsp3) is 0.345. The molecule has 4 heteroatoms. The number of para-hydroxylation sites is 1. The van der Waals surface area contributed by atoms with Gasteiger partial charge in [-0.05, 0) is 53.5 Å². The van der Waals surface area contributed by atoms with Crippen molar-refractivity contribution in [2.45, 2.75) is 57.8 Å². The highest BCUT2D eigenvalue weighted by Crippen LogP contribution is 2.46. The van der Waals surface area contributed by atoms with E-state index in [0.717, 1.165) is 22.4 Å². The van der Waals surface area contributed by atoms with Crippen LogP contribution in [0.2, 0.25) is 0 Å². The van der Waals surface area contributed by atoms with Crippen molar-refractivity contribution >= 4 is 17.4 Å². The lowest BCUT2D eigenvalue weighted by Gasteiger charge is -2.28. The summed E-state index contributed by atoms with van der Waals surface area (Å²) in [6.07, 6.45) is 2.78. The van der Waals surface area contributed by atoms with Crippen LogP contribution in [-0.2, 0) is 15.0 Å². The average Bonchev–Trinajstić information content (AvgIpc) is 3.18. The molecule has 170 valence electrons. The number of nitrogens with zero attached hydrogens (tertiary/aromatic N) is 1. The first-order valence-electron chi connectivity index (χ1n) is 11.8. The number of hydrogen-bond donors (Lipinski definition) is 1. The minimum Gasteiger partial charge on any atom is -0.325 e. The standard InChI is InChI=1S/C29H32N2O2/c1-19(2)22-13-10-14-23(20(3)4)26(22)31-28(33)24-16-17-29(27(24)32,21-11-6-5-7-12-21)25-15-8-9-18-30-25/h5-15,18-20,24H,16-17H2,1-4H3,(H,31,33). The minimum absolute atomic E-state index is 0.0713. The van der Waals surface area contributed by atoms with Gasteiger partial charge in [-0.25, -0.2) is 0 Å². The molecule has 0 saturated heterocycles. The van der Waals surface area contributed by atoms with Crippen LogP contribution in [0.1, 0.15) is 74.8 Å². The summed E-state index contributed by atoms with van der Waals surface area (Å²) >= 11 is 0. The van der Waals surface area contributed by atoms with Crippen LogP contribution in [0.5, 0.6) is 0 Å². The van der Waals surface area contributed by atoms with Crippen molar-refractivity contribution in [3.05, 3.63) is 95.3 Å². The summed E-state index contributed by atoms with van der Waals surface area (Å²) in [6.45, 7) is 8.49. The molecule has 1 aliphatic rings. The molecule has 1 N–H and O–H groups in total. The third-order valence-corrected chi connectivity index (χ3v) is 6.85. The molecule has 3 aromatic rings. The van der Waals surface area contributed by atoms with Gasteiger partial charge in [-0.3, -0.25) is 14.6 Å². The molecule has 0 bridgehead atoms. The second kappa shape index (κ2) is 9.30. The Morgan fingerprint density at radius 2 is 1.55 bits per heavy atom. The van der Waals surface area contributed by atoms with Gasteiger partial charge in [0.1, 0.15) is 0 Å². The number of benzene rings is 2. The first kappa shape index (κ1) is 22.9. The van der Waals surface area contributed by atoms with Crippen LogP contribution in [0.25, 0.3) is 0 Å². The molecule has 0 aliphatic heterocycles. The van der Waals surface area contributed by atoms with Gasteiger partial charge in [0.05, 0.1) is 17.0 Å². The van der Waals surface area contributed by atoms with E-state index in [1.165, 1.54) is 0 Å². The summed E-state index contributed by atoms with van der Waals surface area (Å²) in [6, 6.07) is 21.6. The van der Waals surface area contributed by atoms with E-state index in [2.05, 4.69) is 50.1 Å². The van der Waals surface area contributed by atoms with Gasteiger partial charge >= 0.3 is 0 Å². The molecular formula is C29H32N2O2. The summed E-state index contributed by atoms with van der Waals surface area (Å²) in [5, 5.41) is 3.17. The second-order valence-electron chi connectivity index (χ2n) is 9.55. The average molecular weight is 441 g/mol. The first-order valence-corrected chi connectivity index (χ1v) is 11.8. The van der Waals surface area contributed by atoms with Crippen molar-refractivity contribution in [3.63, 3.8) is 0 Å². The Kier molecular flexibility index (Phi) is 6.46. The maximum Gasteiger partial charge on any atom is 0.235 e. The van der Waals surface area contributed by atoms with Crippen molar-refractivity contribution in [1.82, 2.24) is 4.98 Å². The van der Waals surface area contributed by atoms with E-state index in [9.17, 15) is 9.59 Å². The Morgan fingerprint density at radius 3 is 2.12 bits per heavy atom. The zero-order valence-corrected chi connectivity index (χ0v) is 19.8. The highest BCUT2D eigenvalue weighted by Gasteiger charge is 2.53. The number of pyridine rings is 1. The number of Topliss-reactive ketones (excluding diaryl/α,β-unsaturated/α-hetero) is 1. The normalized spacial score (nSPS) is 20.4. The molecule has 0 radical (unpaired) electrons. The van der Waals surface area contributed by atoms with Crippen LogP contribution in [-0.4, -0.2) is 16.7 Å². The fourth-order valence-corrected chi connectivity index (χ4v) is 5.10. The summed E-state index contributed by atoms with van der Waals surface area (Å²) in [5.41, 5.74) is 3.76.